The van der Waals surface area contributed by atoms with Crippen LogP contribution in [-0.4, -0.2) is 0 Å². The second-order valence-corrected chi connectivity index (χ2v) is 5.46. The van der Waals surface area contributed by atoms with E-state index in [0.29, 0.717) is 6.54 Å². The number of ether oxygens (including phenoxy) is 1. The molecule has 3 nitrogen and oxygen atoms in total. The molecule has 3 aromatic carbocycles. The average Bonchev–Trinajstić information content (AvgIpc) is 2.57. The Morgan fingerprint density at radius 1 is 0.870 bits per heavy atom. The molecule has 0 bridgehead atoms. The van der Waals surface area contributed by atoms with Crippen LogP contribution in [0.1, 0.15) is 11.1 Å². The molecule has 0 fully saturated rings. The summed E-state index contributed by atoms with van der Waals surface area (Å²) in [4.78, 5) is 0. The van der Waals surface area contributed by atoms with E-state index in [1.54, 1.807) is 0 Å². The summed E-state index contributed by atoms with van der Waals surface area (Å²) in [6, 6.07) is 23.8. The lowest BCUT2D eigenvalue weighted by Crippen LogP contribution is -2.03. The van der Waals surface area contributed by atoms with Crippen LogP contribution in [0.3, 0.4) is 0 Å². The Labute approximate surface area is 136 Å². The molecule has 3 aromatic rings. The van der Waals surface area contributed by atoms with Crippen LogP contribution in [0.25, 0.3) is 0 Å². The molecule has 0 heterocycles. The molecule has 3 rings (SSSR count). The van der Waals surface area contributed by atoms with Gasteiger partial charge in [0.1, 0.15) is 5.75 Å². The fourth-order valence-electron chi connectivity index (χ4n) is 2.32. The fraction of sp³-hybridized carbons (Fsp3) is 0.100. The van der Waals surface area contributed by atoms with Gasteiger partial charge in [-0.15, -0.1) is 0 Å². The Bertz CT molecular complexity index is 782. The van der Waals surface area contributed by atoms with Gasteiger partial charge in [-0.05, 0) is 42.8 Å². The lowest BCUT2D eigenvalue weighted by molar-refractivity contribution is 0.484. The van der Waals surface area contributed by atoms with Gasteiger partial charge in [0.05, 0.1) is 5.69 Å². The van der Waals surface area contributed by atoms with Crippen LogP contribution in [-0.2, 0) is 6.54 Å². The number of anilines is 2. The van der Waals surface area contributed by atoms with Gasteiger partial charge >= 0.3 is 0 Å². The van der Waals surface area contributed by atoms with Crippen LogP contribution in [0, 0.1) is 6.92 Å². The third kappa shape index (κ3) is 3.83. The van der Waals surface area contributed by atoms with Crippen molar-refractivity contribution in [3.05, 3.63) is 83.9 Å². The molecule has 0 aromatic heterocycles. The molecule has 0 atom stereocenters. The maximum absolute atomic E-state index is 5.99. The van der Waals surface area contributed by atoms with Crippen molar-refractivity contribution >= 4 is 11.4 Å². The molecule has 0 aliphatic carbocycles. The lowest BCUT2D eigenvalue weighted by Gasteiger charge is -2.14. The maximum atomic E-state index is 5.99. The van der Waals surface area contributed by atoms with Crippen molar-refractivity contribution in [3.63, 3.8) is 0 Å². The number of rotatable bonds is 5. The molecule has 0 amide bonds. The number of hydrogen-bond donors (Lipinski definition) is 2. The quantitative estimate of drug-likeness (QED) is 0.653. The number of aryl methyl sites for hydroxylation is 1. The second-order valence-electron chi connectivity index (χ2n) is 5.46. The molecule has 116 valence electrons. The lowest BCUT2D eigenvalue weighted by atomic mass is 10.2. The number of nitrogens with two attached hydrogens (primary N) is 1. The first kappa shape index (κ1) is 15.0. The van der Waals surface area contributed by atoms with Crippen molar-refractivity contribution in [2.24, 2.45) is 0 Å². The van der Waals surface area contributed by atoms with Gasteiger partial charge < -0.3 is 15.8 Å². The van der Waals surface area contributed by atoms with E-state index in [9.17, 15) is 0 Å². The van der Waals surface area contributed by atoms with Crippen LogP contribution < -0.4 is 15.8 Å². The standard InChI is InChI=1S/C20H20N2O/c1-15-10-12-17(13-11-15)23-20-9-5-4-8-19(20)22-14-16-6-2-3-7-18(16)21/h2-13,22H,14,21H2,1H3. The smallest absolute Gasteiger partial charge is 0.150 e. The summed E-state index contributed by atoms with van der Waals surface area (Å²) in [7, 11) is 0. The van der Waals surface area contributed by atoms with Crippen molar-refractivity contribution in [1.29, 1.82) is 0 Å². The minimum absolute atomic E-state index is 0.654. The third-order valence-corrected chi connectivity index (χ3v) is 3.66. The summed E-state index contributed by atoms with van der Waals surface area (Å²) in [5, 5.41) is 3.40. The van der Waals surface area contributed by atoms with Crippen molar-refractivity contribution < 1.29 is 4.74 Å². The fourth-order valence-corrected chi connectivity index (χ4v) is 2.32. The minimum Gasteiger partial charge on any atom is -0.455 e. The number of nitrogens with one attached hydrogen (secondary N) is 1. The predicted molar refractivity (Wildman–Crippen MR) is 95.9 cm³/mol. The summed E-state index contributed by atoms with van der Waals surface area (Å²) in [6.07, 6.45) is 0. The van der Waals surface area contributed by atoms with Crippen LogP contribution >= 0.6 is 0 Å². The Morgan fingerprint density at radius 3 is 2.35 bits per heavy atom. The SMILES string of the molecule is Cc1ccc(Oc2ccccc2NCc2ccccc2N)cc1. The van der Waals surface area contributed by atoms with Gasteiger partial charge in [0.15, 0.2) is 5.75 Å². The zero-order chi connectivity index (χ0) is 16.1. The largest absolute Gasteiger partial charge is 0.455 e. The number of nitrogen functional groups attached to an aromatic ring is 1. The molecule has 0 saturated heterocycles. The van der Waals surface area contributed by atoms with Crippen molar-refractivity contribution in [2.45, 2.75) is 13.5 Å². The average molecular weight is 304 g/mol. The molecule has 0 aliphatic heterocycles. The summed E-state index contributed by atoms with van der Waals surface area (Å²) >= 11 is 0. The van der Waals surface area contributed by atoms with Crippen molar-refractivity contribution in [2.75, 3.05) is 11.1 Å². The molecule has 0 aliphatic rings. The minimum atomic E-state index is 0.654. The summed E-state index contributed by atoms with van der Waals surface area (Å²) in [5.74, 6) is 1.62. The molecule has 0 saturated carbocycles. The van der Waals surface area contributed by atoms with E-state index in [1.807, 2.05) is 72.8 Å². The second kappa shape index (κ2) is 6.88. The third-order valence-electron chi connectivity index (χ3n) is 3.66. The number of benzene rings is 3. The first-order chi connectivity index (χ1) is 11.2. The molecule has 0 spiro atoms. The van der Waals surface area contributed by atoms with Crippen LogP contribution in [0.4, 0.5) is 11.4 Å². The van der Waals surface area contributed by atoms with E-state index in [0.717, 1.165) is 28.4 Å². The van der Waals surface area contributed by atoms with Gasteiger partial charge in [0, 0.05) is 12.2 Å². The number of para-hydroxylation sites is 3. The van der Waals surface area contributed by atoms with E-state index in [4.69, 9.17) is 10.5 Å². The highest BCUT2D eigenvalue weighted by Gasteiger charge is 2.05. The van der Waals surface area contributed by atoms with Gasteiger partial charge in [-0.1, -0.05) is 48.0 Å². The predicted octanol–water partition coefficient (Wildman–Crippen LogP) is 4.98. The normalized spacial score (nSPS) is 10.3. The molecule has 23 heavy (non-hydrogen) atoms. The van der Waals surface area contributed by atoms with E-state index >= 15 is 0 Å². The van der Waals surface area contributed by atoms with Crippen LogP contribution in [0.15, 0.2) is 72.8 Å². The van der Waals surface area contributed by atoms with E-state index in [1.165, 1.54) is 5.56 Å². The summed E-state index contributed by atoms with van der Waals surface area (Å²) < 4.78 is 5.99. The highest BCUT2D eigenvalue weighted by atomic mass is 16.5. The number of hydrogen-bond acceptors (Lipinski definition) is 3. The van der Waals surface area contributed by atoms with Crippen LogP contribution in [0.2, 0.25) is 0 Å². The van der Waals surface area contributed by atoms with Crippen molar-refractivity contribution in [3.8, 4) is 11.5 Å². The van der Waals surface area contributed by atoms with Gasteiger partial charge in [-0.2, -0.15) is 0 Å². The molecular formula is C20H20N2O. The summed E-state index contributed by atoms with van der Waals surface area (Å²) in [6.45, 7) is 2.71. The highest BCUT2D eigenvalue weighted by Crippen LogP contribution is 2.30. The molecule has 0 unspecified atom stereocenters. The maximum Gasteiger partial charge on any atom is 0.150 e. The molecule has 3 heteroatoms. The van der Waals surface area contributed by atoms with E-state index in [-0.39, 0.29) is 0 Å². The Hall–Kier alpha value is -2.94. The highest BCUT2D eigenvalue weighted by molar-refractivity contribution is 5.59. The van der Waals surface area contributed by atoms with Gasteiger partial charge in [-0.3, -0.25) is 0 Å². The van der Waals surface area contributed by atoms with Crippen LogP contribution in [0.5, 0.6) is 11.5 Å². The first-order valence-electron chi connectivity index (χ1n) is 7.63. The molecular weight excluding hydrogens is 284 g/mol. The Kier molecular flexibility index (Phi) is 4.48. The first-order valence-corrected chi connectivity index (χ1v) is 7.63. The Balaban J connectivity index is 1.75. The monoisotopic (exact) mass is 304 g/mol. The Morgan fingerprint density at radius 2 is 1.57 bits per heavy atom. The van der Waals surface area contributed by atoms with Gasteiger partial charge in [0.25, 0.3) is 0 Å². The van der Waals surface area contributed by atoms with E-state index < -0.39 is 0 Å². The van der Waals surface area contributed by atoms with Crippen molar-refractivity contribution in [1.82, 2.24) is 0 Å². The summed E-state index contributed by atoms with van der Waals surface area (Å²) in [5.41, 5.74) is 10.00. The molecule has 0 radical (unpaired) electrons. The van der Waals surface area contributed by atoms with Gasteiger partial charge in [-0.25, -0.2) is 0 Å². The molecule has 3 N–H and O–H groups in total. The topological polar surface area (TPSA) is 47.3 Å². The van der Waals surface area contributed by atoms with Gasteiger partial charge in [0.2, 0.25) is 0 Å². The zero-order valence-electron chi connectivity index (χ0n) is 13.1. The zero-order valence-corrected chi connectivity index (χ0v) is 13.1. The van der Waals surface area contributed by atoms with E-state index in [2.05, 4.69) is 12.2 Å².